The zero-order chi connectivity index (χ0) is 23.3. The van der Waals surface area contributed by atoms with Gasteiger partial charge in [0.15, 0.2) is 0 Å². The van der Waals surface area contributed by atoms with Gasteiger partial charge in [-0.15, -0.1) is 11.3 Å². The Morgan fingerprint density at radius 2 is 1.82 bits per heavy atom. The fourth-order valence-electron chi connectivity index (χ4n) is 4.19. The highest BCUT2D eigenvalue weighted by molar-refractivity contribution is 7.20. The number of rotatable bonds is 3. The van der Waals surface area contributed by atoms with E-state index in [9.17, 15) is 9.59 Å². The monoisotopic (exact) mass is 458 g/mol. The van der Waals surface area contributed by atoms with Crippen molar-refractivity contribution in [3.8, 4) is 5.69 Å². The molecule has 5 rings (SSSR count). The number of amides is 2. The third-order valence-electron chi connectivity index (χ3n) is 5.89. The number of nitrogens with zero attached hydrogens (tertiary/aromatic N) is 3. The van der Waals surface area contributed by atoms with Crippen LogP contribution in [0.1, 0.15) is 41.7 Å². The molecule has 7 heteroatoms. The molecular weight excluding hydrogens is 432 g/mol. The van der Waals surface area contributed by atoms with Crippen molar-refractivity contribution in [2.75, 3.05) is 16.8 Å². The minimum absolute atomic E-state index is 0.117. The minimum Gasteiger partial charge on any atom is -0.321 e. The highest BCUT2D eigenvalue weighted by Gasteiger charge is 2.32. The van der Waals surface area contributed by atoms with Crippen molar-refractivity contribution in [3.05, 3.63) is 70.7 Å². The van der Waals surface area contributed by atoms with E-state index in [0.717, 1.165) is 45.0 Å². The van der Waals surface area contributed by atoms with Crippen LogP contribution >= 0.6 is 11.3 Å². The van der Waals surface area contributed by atoms with Crippen LogP contribution in [0.3, 0.4) is 0 Å². The molecule has 0 unspecified atom stereocenters. The Kier molecular flexibility index (Phi) is 5.09. The number of benzene rings is 2. The fraction of sp³-hybridized carbons (Fsp3) is 0.269. The first-order valence-corrected chi connectivity index (χ1v) is 11.8. The predicted octanol–water partition coefficient (Wildman–Crippen LogP) is 5.58. The van der Waals surface area contributed by atoms with Gasteiger partial charge in [-0.1, -0.05) is 39.0 Å². The average molecular weight is 459 g/mol. The van der Waals surface area contributed by atoms with Gasteiger partial charge >= 0.3 is 0 Å². The number of nitrogens with one attached hydrogen (secondary N) is 1. The van der Waals surface area contributed by atoms with Crippen molar-refractivity contribution >= 4 is 44.7 Å². The topological polar surface area (TPSA) is 67.2 Å². The highest BCUT2D eigenvalue weighted by Crippen LogP contribution is 2.35. The number of fused-ring (bicyclic) bond motifs is 2. The number of hydrogen-bond donors (Lipinski definition) is 1. The van der Waals surface area contributed by atoms with E-state index in [4.69, 9.17) is 0 Å². The van der Waals surface area contributed by atoms with Crippen LogP contribution in [0.15, 0.2) is 54.6 Å². The Bertz CT molecular complexity index is 1380. The second kappa shape index (κ2) is 7.85. The Labute approximate surface area is 196 Å². The van der Waals surface area contributed by atoms with Crippen LogP contribution in [0.2, 0.25) is 0 Å². The van der Waals surface area contributed by atoms with Gasteiger partial charge in [-0.25, -0.2) is 4.68 Å². The number of thiophene rings is 1. The van der Waals surface area contributed by atoms with Gasteiger partial charge in [-0.3, -0.25) is 9.59 Å². The van der Waals surface area contributed by atoms with Gasteiger partial charge in [0.05, 0.1) is 16.3 Å². The van der Waals surface area contributed by atoms with E-state index in [0.29, 0.717) is 11.4 Å². The van der Waals surface area contributed by atoms with E-state index in [-0.39, 0.29) is 11.8 Å². The largest absolute Gasteiger partial charge is 0.321 e. The summed E-state index contributed by atoms with van der Waals surface area (Å²) >= 11 is 1.43. The molecule has 0 atom stereocenters. The van der Waals surface area contributed by atoms with Crippen LogP contribution in [0.4, 0.5) is 11.4 Å². The lowest BCUT2D eigenvalue weighted by Crippen LogP contribution is -2.38. The van der Waals surface area contributed by atoms with E-state index >= 15 is 0 Å². The number of aromatic nitrogens is 2. The molecule has 6 nitrogen and oxygen atoms in total. The molecule has 0 fully saturated rings. The van der Waals surface area contributed by atoms with Crippen molar-refractivity contribution < 1.29 is 9.59 Å². The standard InChI is InChI=1S/C26H26N4O2S/c1-16-20-15-22(33-24(20)30(28-16)19-8-6-5-7-9-19)23(31)27-18-10-11-21-17(14-18)12-13-29(21)25(32)26(2,3)4/h5-11,14-15H,12-13H2,1-4H3,(H,27,31). The number of carbonyl (C=O) groups excluding carboxylic acids is 2. The molecule has 0 saturated heterocycles. The third kappa shape index (κ3) is 3.82. The molecule has 0 bridgehead atoms. The van der Waals surface area contributed by atoms with E-state index in [1.165, 1.54) is 11.3 Å². The van der Waals surface area contributed by atoms with Gasteiger partial charge in [-0.2, -0.15) is 5.10 Å². The Morgan fingerprint density at radius 3 is 2.55 bits per heavy atom. The Balaban J connectivity index is 1.39. The Morgan fingerprint density at radius 1 is 1.06 bits per heavy atom. The average Bonchev–Trinajstić information content (AvgIpc) is 3.48. The maximum Gasteiger partial charge on any atom is 0.265 e. The van der Waals surface area contributed by atoms with Gasteiger partial charge < -0.3 is 10.2 Å². The van der Waals surface area contributed by atoms with E-state index in [1.807, 2.05) is 91.9 Å². The lowest BCUT2D eigenvalue weighted by Gasteiger charge is -2.26. The molecule has 0 aliphatic carbocycles. The third-order valence-corrected chi connectivity index (χ3v) is 7.00. The summed E-state index contributed by atoms with van der Waals surface area (Å²) in [7, 11) is 0. The summed E-state index contributed by atoms with van der Waals surface area (Å²) in [6.07, 6.45) is 0.788. The summed E-state index contributed by atoms with van der Waals surface area (Å²) in [5.74, 6) is -0.0260. The van der Waals surface area contributed by atoms with Crippen molar-refractivity contribution in [2.45, 2.75) is 34.1 Å². The first-order chi connectivity index (χ1) is 15.7. The summed E-state index contributed by atoms with van der Waals surface area (Å²) in [6.45, 7) is 8.44. The zero-order valence-electron chi connectivity index (χ0n) is 19.2. The van der Waals surface area contributed by atoms with Gasteiger partial charge in [0.1, 0.15) is 4.83 Å². The van der Waals surface area contributed by atoms with Gasteiger partial charge in [0, 0.05) is 28.7 Å². The lowest BCUT2D eigenvalue weighted by atomic mass is 9.94. The zero-order valence-corrected chi connectivity index (χ0v) is 20.0. The van der Waals surface area contributed by atoms with Gasteiger partial charge in [0.2, 0.25) is 5.91 Å². The first-order valence-electron chi connectivity index (χ1n) is 11.0. The van der Waals surface area contributed by atoms with Crippen LogP contribution in [0.5, 0.6) is 0 Å². The maximum absolute atomic E-state index is 13.1. The maximum atomic E-state index is 13.1. The van der Waals surface area contributed by atoms with E-state index in [1.54, 1.807) is 0 Å². The molecule has 2 amide bonds. The summed E-state index contributed by atoms with van der Waals surface area (Å²) in [6, 6.07) is 17.6. The van der Waals surface area contributed by atoms with Crippen molar-refractivity contribution in [1.82, 2.24) is 9.78 Å². The van der Waals surface area contributed by atoms with Crippen LogP contribution in [0, 0.1) is 12.3 Å². The molecule has 0 radical (unpaired) electrons. The SMILES string of the molecule is Cc1nn(-c2ccccc2)c2sc(C(=O)Nc3ccc4c(c3)CCN4C(=O)C(C)(C)C)cc12. The predicted molar refractivity (Wildman–Crippen MR) is 134 cm³/mol. The molecule has 1 aliphatic rings. The molecular formula is C26H26N4O2S. The van der Waals surface area contributed by atoms with Crippen LogP contribution < -0.4 is 10.2 Å². The fourth-order valence-corrected chi connectivity index (χ4v) is 5.27. The summed E-state index contributed by atoms with van der Waals surface area (Å²) in [5, 5.41) is 8.66. The summed E-state index contributed by atoms with van der Waals surface area (Å²) in [4.78, 5) is 29.2. The van der Waals surface area contributed by atoms with Crippen LogP contribution in [-0.4, -0.2) is 28.1 Å². The molecule has 3 heterocycles. The van der Waals surface area contributed by atoms with Gasteiger partial charge in [-0.05, 0) is 55.3 Å². The molecule has 33 heavy (non-hydrogen) atoms. The van der Waals surface area contributed by atoms with Crippen molar-refractivity contribution in [2.24, 2.45) is 5.41 Å². The van der Waals surface area contributed by atoms with E-state index in [2.05, 4.69) is 10.4 Å². The quantitative estimate of drug-likeness (QED) is 0.436. The molecule has 1 aliphatic heterocycles. The number of para-hydroxylation sites is 1. The first kappa shape index (κ1) is 21.4. The molecule has 168 valence electrons. The summed E-state index contributed by atoms with van der Waals surface area (Å²) < 4.78 is 1.89. The smallest absolute Gasteiger partial charge is 0.265 e. The van der Waals surface area contributed by atoms with Crippen molar-refractivity contribution in [1.29, 1.82) is 0 Å². The number of carbonyl (C=O) groups is 2. The molecule has 2 aromatic carbocycles. The Hall–Kier alpha value is -3.45. The molecule has 1 N–H and O–H groups in total. The second-order valence-corrected chi connectivity index (χ2v) is 10.4. The summed E-state index contributed by atoms with van der Waals surface area (Å²) in [5.41, 5.74) is 4.19. The molecule has 2 aromatic heterocycles. The highest BCUT2D eigenvalue weighted by atomic mass is 32.1. The molecule has 0 saturated carbocycles. The van der Waals surface area contributed by atoms with E-state index < -0.39 is 5.41 Å². The van der Waals surface area contributed by atoms with Crippen molar-refractivity contribution in [3.63, 3.8) is 0 Å². The number of aryl methyl sites for hydroxylation is 1. The van der Waals surface area contributed by atoms with Crippen LogP contribution in [0.25, 0.3) is 15.9 Å². The minimum atomic E-state index is -0.427. The molecule has 4 aromatic rings. The normalized spacial score (nSPS) is 13.4. The number of anilines is 2. The number of hydrogen-bond acceptors (Lipinski definition) is 4. The molecule has 0 spiro atoms. The lowest BCUT2D eigenvalue weighted by molar-refractivity contribution is -0.125. The van der Waals surface area contributed by atoms with Crippen LogP contribution in [-0.2, 0) is 11.2 Å². The van der Waals surface area contributed by atoms with Gasteiger partial charge in [0.25, 0.3) is 5.91 Å². The second-order valence-electron chi connectivity index (χ2n) is 9.42.